The SMILES string of the molecule is C=C1C(=O)O[C@H]2C[C@@H](C)[C@H]3C[C@H](OC)O[C@H](OC)[C@]3(C)C[C@@H]12. The van der Waals surface area contributed by atoms with Crippen molar-refractivity contribution in [3.05, 3.63) is 12.2 Å². The van der Waals surface area contributed by atoms with E-state index in [0.717, 1.165) is 19.3 Å². The van der Waals surface area contributed by atoms with Crippen molar-refractivity contribution in [3.63, 3.8) is 0 Å². The first-order chi connectivity index (χ1) is 10.4. The van der Waals surface area contributed by atoms with E-state index in [9.17, 15) is 4.79 Å². The molecule has 3 aliphatic rings. The van der Waals surface area contributed by atoms with Crippen molar-refractivity contribution in [3.8, 4) is 0 Å². The van der Waals surface area contributed by atoms with Crippen molar-refractivity contribution >= 4 is 5.97 Å². The van der Waals surface area contributed by atoms with Crippen LogP contribution in [0, 0.1) is 23.2 Å². The van der Waals surface area contributed by atoms with Crippen LogP contribution in [-0.4, -0.2) is 38.9 Å². The Morgan fingerprint density at radius 2 is 2.00 bits per heavy atom. The number of ether oxygens (including phenoxy) is 4. The fourth-order valence-electron chi connectivity index (χ4n) is 4.75. The molecule has 2 aliphatic heterocycles. The number of hydrogen-bond donors (Lipinski definition) is 0. The van der Waals surface area contributed by atoms with Crippen molar-refractivity contribution in [2.45, 2.75) is 51.8 Å². The van der Waals surface area contributed by atoms with E-state index in [2.05, 4.69) is 20.4 Å². The summed E-state index contributed by atoms with van der Waals surface area (Å²) in [6.45, 7) is 8.38. The summed E-state index contributed by atoms with van der Waals surface area (Å²) in [6.07, 6.45) is 1.86. The van der Waals surface area contributed by atoms with Crippen LogP contribution in [0.25, 0.3) is 0 Å². The lowest BCUT2D eigenvalue weighted by Crippen LogP contribution is -2.52. The smallest absolute Gasteiger partial charge is 0.334 e. The van der Waals surface area contributed by atoms with Crippen LogP contribution in [0.5, 0.6) is 0 Å². The van der Waals surface area contributed by atoms with E-state index in [0.29, 0.717) is 17.4 Å². The number of methoxy groups -OCH3 is 2. The monoisotopic (exact) mass is 310 g/mol. The van der Waals surface area contributed by atoms with E-state index in [1.165, 1.54) is 0 Å². The van der Waals surface area contributed by atoms with Gasteiger partial charge >= 0.3 is 5.97 Å². The van der Waals surface area contributed by atoms with Crippen LogP contribution in [0.1, 0.15) is 33.1 Å². The molecule has 22 heavy (non-hydrogen) atoms. The van der Waals surface area contributed by atoms with Crippen molar-refractivity contribution in [1.82, 2.24) is 0 Å². The molecule has 7 atom stereocenters. The Bertz CT molecular complexity index is 476. The molecule has 5 heteroatoms. The lowest BCUT2D eigenvalue weighted by molar-refractivity contribution is -0.318. The van der Waals surface area contributed by atoms with Crippen molar-refractivity contribution < 1.29 is 23.7 Å². The van der Waals surface area contributed by atoms with Crippen molar-refractivity contribution in [1.29, 1.82) is 0 Å². The summed E-state index contributed by atoms with van der Waals surface area (Å²) in [5.41, 5.74) is 0.419. The summed E-state index contributed by atoms with van der Waals surface area (Å²) in [5.74, 6) is 0.612. The molecule has 0 spiro atoms. The molecule has 124 valence electrons. The Balaban J connectivity index is 1.95. The molecule has 1 aliphatic carbocycles. The average molecular weight is 310 g/mol. The summed E-state index contributed by atoms with van der Waals surface area (Å²) < 4.78 is 22.6. The minimum absolute atomic E-state index is 0.0593. The van der Waals surface area contributed by atoms with Crippen LogP contribution in [0.4, 0.5) is 0 Å². The molecule has 0 unspecified atom stereocenters. The van der Waals surface area contributed by atoms with Crippen LogP contribution in [-0.2, 0) is 23.7 Å². The van der Waals surface area contributed by atoms with E-state index in [-0.39, 0.29) is 36.0 Å². The van der Waals surface area contributed by atoms with Crippen LogP contribution < -0.4 is 0 Å². The highest BCUT2D eigenvalue weighted by Gasteiger charge is 2.57. The zero-order chi connectivity index (χ0) is 16.1. The van der Waals surface area contributed by atoms with Crippen molar-refractivity contribution in [2.75, 3.05) is 14.2 Å². The van der Waals surface area contributed by atoms with Crippen LogP contribution >= 0.6 is 0 Å². The van der Waals surface area contributed by atoms with Crippen LogP contribution in [0.2, 0.25) is 0 Å². The molecule has 3 rings (SSSR count). The molecule has 0 aromatic rings. The van der Waals surface area contributed by atoms with E-state index < -0.39 is 0 Å². The quantitative estimate of drug-likeness (QED) is 0.579. The van der Waals surface area contributed by atoms with Gasteiger partial charge in [-0.1, -0.05) is 20.4 Å². The second-order valence-electron chi connectivity index (χ2n) is 7.21. The first-order valence-corrected chi connectivity index (χ1v) is 8.01. The van der Waals surface area contributed by atoms with Gasteiger partial charge in [-0.2, -0.15) is 0 Å². The fraction of sp³-hybridized carbons (Fsp3) is 0.824. The second kappa shape index (κ2) is 5.62. The molecule has 1 saturated carbocycles. The Morgan fingerprint density at radius 1 is 1.27 bits per heavy atom. The molecule has 3 fully saturated rings. The molecule has 0 aromatic carbocycles. The Hall–Kier alpha value is -0.910. The third kappa shape index (κ3) is 2.30. The average Bonchev–Trinajstić information content (AvgIpc) is 2.68. The highest BCUT2D eigenvalue weighted by Crippen LogP contribution is 2.55. The first-order valence-electron chi connectivity index (χ1n) is 8.01. The second-order valence-corrected chi connectivity index (χ2v) is 7.21. The van der Waals surface area contributed by atoms with Gasteiger partial charge in [0.25, 0.3) is 0 Å². The molecule has 0 bridgehead atoms. The fourth-order valence-corrected chi connectivity index (χ4v) is 4.75. The number of rotatable bonds is 2. The van der Waals surface area contributed by atoms with Gasteiger partial charge in [-0.05, 0) is 24.7 Å². The summed E-state index contributed by atoms with van der Waals surface area (Å²) in [6, 6.07) is 0. The molecule has 0 N–H and O–H groups in total. The minimum atomic E-state index is -0.346. The van der Waals surface area contributed by atoms with Gasteiger partial charge in [-0.25, -0.2) is 4.79 Å². The molecule has 0 amide bonds. The van der Waals surface area contributed by atoms with Gasteiger partial charge in [0.05, 0.1) is 0 Å². The third-order valence-corrected chi connectivity index (χ3v) is 5.95. The van der Waals surface area contributed by atoms with Gasteiger partial charge < -0.3 is 18.9 Å². The van der Waals surface area contributed by atoms with E-state index >= 15 is 0 Å². The predicted molar refractivity (Wildman–Crippen MR) is 79.8 cm³/mol. The van der Waals surface area contributed by atoms with Gasteiger partial charge in [0.1, 0.15) is 6.10 Å². The zero-order valence-electron chi connectivity index (χ0n) is 13.8. The Kier molecular flexibility index (Phi) is 4.08. The van der Waals surface area contributed by atoms with Crippen LogP contribution in [0.3, 0.4) is 0 Å². The lowest BCUT2D eigenvalue weighted by Gasteiger charge is -2.50. The van der Waals surface area contributed by atoms with Crippen molar-refractivity contribution in [2.24, 2.45) is 23.2 Å². The maximum absolute atomic E-state index is 11.9. The van der Waals surface area contributed by atoms with E-state index in [1.807, 2.05) is 0 Å². The molecule has 2 heterocycles. The number of fused-ring (bicyclic) bond motifs is 2. The van der Waals surface area contributed by atoms with Crippen LogP contribution in [0.15, 0.2) is 12.2 Å². The number of esters is 1. The molecule has 2 saturated heterocycles. The van der Waals surface area contributed by atoms with E-state index in [4.69, 9.17) is 18.9 Å². The zero-order valence-corrected chi connectivity index (χ0v) is 13.8. The highest BCUT2D eigenvalue weighted by molar-refractivity contribution is 5.90. The molecule has 0 aromatic heterocycles. The molecule has 0 radical (unpaired) electrons. The molecular formula is C17H26O5. The summed E-state index contributed by atoms with van der Waals surface area (Å²) in [4.78, 5) is 11.9. The minimum Gasteiger partial charge on any atom is -0.458 e. The third-order valence-electron chi connectivity index (χ3n) is 5.95. The Labute approximate surface area is 131 Å². The standard InChI is InChI=1S/C17H26O5/c1-9-6-13-11(10(2)15(18)21-13)8-17(3)12(9)7-14(19-4)22-16(17)20-5/h9,11-14,16H,2,6-8H2,1,3-5H3/t9-,11+,12-,13+,14-,16+,17-/m1/s1. The normalized spacial score (nSPS) is 48.4. The van der Waals surface area contributed by atoms with Gasteiger partial charge in [0.15, 0.2) is 12.6 Å². The van der Waals surface area contributed by atoms with Gasteiger partial charge in [0.2, 0.25) is 0 Å². The molecule has 5 nitrogen and oxygen atoms in total. The van der Waals surface area contributed by atoms with Gasteiger partial charge in [-0.15, -0.1) is 0 Å². The first kappa shape index (κ1) is 16.0. The molecular weight excluding hydrogens is 284 g/mol. The number of hydrogen-bond acceptors (Lipinski definition) is 5. The highest BCUT2D eigenvalue weighted by atomic mass is 16.8. The summed E-state index contributed by atoms with van der Waals surface area (Å²) in [5, 5.41) is 0. The summed E-state index contributed by atoms with van der Waals surface area (Å²) in [7, 11) is 3.34. The maximum Gasteiger partial charge on any atom is 0.334 e. The maximum atomic E-state index is 11.9. The van der Waals surface area contributed by atoms with Gasteiger partial charge in [0, 0.05) is 37.5 Å². The van der Waals surface area contributed by atoms with Gasteiger partial charge in [-0.3, -0.25) is 0 Å². The number of carbonyl (C=O) groups excluding carboxylic acids is 1. The predicted octanol–water partition coefficient (Wildman–Crippen LogP) is 2.50. The number of carbonyl (C=O) groups is 1. The summed E-state index contributed by atoms with van der Waals surface area (Å²) >= 11 is 0. The lowest BCUT2D eigenvalue weighted by atomic mass is 9.65. The topological polar surface area (TPSA) is 54.0 Å². The van der Waals surface area contributed by atoms with E-state index in [1.54, 1.807) is 14.2 Å². The Morgan fingerprint density at radius 3 is 2.64 bits per heavy atom. The largest absolute Gasteiger partial charge is 0.458 e.